The monoisotopic (exact) mass is 204 g/mol. The summed E-state index contributed by atoms with van der Waals surface area (Å²) in [7, 11) is 0. The van der Waals surface area contributed by atoms with Gasteiger partial charge in [0.25, 0.3) is 0 Å². The largest absolute Gasteiger partial charge is 0.394 e. The Morgan fingerprint density at radius 3 is 2.71 bits per heavy atom. The van der Waals surface area contributed by atoms with E-state index in [1.807, 2.05) is 13.8 Å². The zero-order valence-corrected chi connectivity index (χ0v) is 8.34. The zero-order chi connectivity index (χ0) is 10.3. The van der Waals surface area contributed by atoms with Crippen molar-refractivity contribution in [3.05, 3.63) is 0 Å². The summed E-state index contributed by atoms with van der Waals surface area (Å²) in [6.07, 6.45) is -1.20. The van der Waals surface area contributed by atoms with Gasteiger partial charge in [-0.25, -0.2) is 0 Å². The number of aliphatic hydroxyl groups is 2. The van der Waals surface area contributed by atoms with E-state index in [-0.39, 0.29) is 18.8 Å². The summed E-state index contributed by atoms with van der Waals surface area (Å²) < 4.78 is 16.4. The topological polar surface area (TPSA) is 68.2 Å². The van der Waals surface area contributed by atoms with Gasteiger partial charge in [-0.1, -0.05) is 0 Å². The molecule has 0 amide bonds. The summed E-state index contributed by atoms with van der Waals surface area (Å²) in [6.45, 7) is 3.35. The average molecular weight is 204 g/mol. The molecule has 0 bridgehead atoms. The van der Waals surface area contributed by atoms with Gasteiger partial charge in [-0.15, -0.1) is 0 Å². The van der Waals surface area contributed by atoms with Crippen LogP contribution in [-0.2, 0) is 14.2 Å². The molecule has 5 heteroatoms. The van der Waals surface area contributed by atoms with Gasteiger partial charge < -0.3 is 24.4 Å². The lowest BCUT2D eigenvalue weighted by Crippen LogP contribution is -2.32. The van der Waals surface area contributed by atoms with Crippen molar-refractivity contribution >= 4 is 0 Å². The van der Waals surface area contributed by atoms with E-state index in [9.17, 15) is 5.11 Å². The van der Waals surface area contributed by atoms with Crippen LogP contribution < -0.4 is 0 Å². The molecule has 2 aliphatic rings. The molecule has 0 spiro atoms. The van der Waals surface area contributed by atoms with Crippen LogP contribution in [0.5, 0.6) is 0 Å². The molecule has 4 atom stereocenters. The third-order valence-corrected chi connectivity index (χ3v) is 2.53. The van der Waals surface area contributed by atoms with Crippen LogP contribution in [0.25, 0.3) is 0 Å². The SMILES string of the molecule is CC1(C)OC2O[C@H]([C@H](O)CO)C[C@H]2O1. The Morgan fingerprint density at radius 2 is 2.14 bits per heavy atom. The van der Waals surface area contributed by atoms with E-state index in [2.05, 4.69) is 0 Å². The lowest BCUT2D eigenvalue weighted by atomic mass is 10.1. The second kappa shape index (κ2) is 3.43. The van der Waals surface area contributed by atoms with E-state index >= 15 is 0 Å². The van der Waals surface area contributed by atoms with E-state index in [0.29, 0.717) is 6.42 Å². The molecule has 2 saturated heterocycles. The van der Waals surface area contributed by atoms with Crippen molar-refractivity contribution in [2.45, 2.75) is 50.7 Å². The Hall–Kier alpha value is -0.200. The quantitative estimate of drug-likeness (QED) is 0.641. The molecule has 14 heavy (non-hydrogen) atoms. The van der Waals surface area contributed by atoms with Crippen LogP contribution in [0.3, 0.4) is 0 Å². The van der Waals surface area contributed by atoms with Gasteiger partial charge in [0.1, 0.15) is 12.2 Å². The fourth-order valence-electron chi connectivity index (χ4n) is 1.90. The standard InChI is InChI=1S/C9H16O5/c1-9(2)13-7-3-6(5(11)4-10)12-8(7)14-9/h5-8,10-11H,3-4H2,1-2H3/t5-,6+,7-,8?/m1/s1. The van der Waals surface area contributed by atoms with Crippen LogP contribution >= 0.6 is 0 Å². The third kappa shape index (κ3) is 1.78. The van der Waals surface area contributed by atoms with Crippen molar-refractivity contribution in [2.24, 2.45) is 0 Å². The molecule has 0 aromatic carbocycles. The van der Waals surface area contributed by atoms with Crippen molar-refractivity contribution in [3.63, 3.8) is 0 Å². The maximum Gasteiger partial charge on any atom is 0.187 e. The molecule has 0 saturated carbocycles. The molecule has 2 rings (SSSR count). The van der Waals surface area contributed by atoms with Gasteiger partial charge in [0.05, 0.1) is 12.7 Å². The fourth-order valence-corrected chi connectivity index (χ4v) is 1.90. The van der Waals surface area contributed by atoms with Gasteiger partial charge in [-0.05, 0) is 13.8 Å². The van der Waals surface area contributed by atoms with Gasteiger partial charge >= 0.3 is 0 Å². The first-order valence-corrected chi connectivity index (χ1v) is 4.82. The molecule has 2 N–H and O–H groups in total. The summed E-state index contributed by atoms with van der Waals surface area (Å²) in [5.74, 6) is -0.607. The number of aliphatic hydroxyl groups excluding tert-OH is 2. The summed E-state index contributed by atoms with van der Waals surface area (Å²) in [4.78, 5) is 0. The molecule has 0 radical (unpaired) electrons. The molecule has 2 heterocycles. The summed E-state index contributed by atoms with van der Waals surface area (Å²) >= 11 is 0. The second-order valence-corrected chi connectivity index (χ2v) is 4.20. The second-order valence-electron chi connectivity index (χ2n) is 4.20. The highest BCUT2D eigenvalue weighted by Gasteiger charge is 2.49. The van der Waals surface area contributed by atoms with Crippen molar-refractivity contribution in [1.29, 1.82) is 0 Å². The normalized spacial score (nSPS) is 42.4. The number of rotatable bonds is 2. The van der Waals surface area contributed by atoms with Crippen LogP contribution in [0.15, 0.2) is 0 Å². The predicted molar refractivity (Wildman–Crippen MR) is 46.4 cm³/mol. The van der Waals surface area contributed by atoms with Crippen molar-refractivity contribution in [3.8, 4) is 0 Å². The third-order valence-electron chi connectivity index (χ3n) is 2.53. The molecule has 82 valence electrons. The minimum Gasteiger partial charge on any atom is -0.394 e. The summed E-state index contributed by atoms with van der Waals surface area (Å²) in [5.41, 5.74) is 0. The van der Waals surface area contributed by atoms with Gasteiger partial charge in [-0.2, -0.15) is 0 Å². The van der Waals surface area contributed by atoms with Crippen molar-refractivity contribution < 1.29 is 24.4 Å². The Kier molecular flexibility index (Phi) is 2.53. The first-order chi connectivity index (χ1) is 6.52. The first-order valence-electron chi connectivity index (χ1n) is 4.82. The highest BCUT2D eigenvalue weighted by atomic mass is 16.8. The Morgan fingerprint density at radius 1 is 1.43 bits per heavy atom. The van der Waals surface area contributed by atoms with E-state index < -0.39 is 18.2 Å². The van der Waals surface area contributed by atoms with E-state index in [1.165, 1.54) is 0 Å². The van der Waals surface area contributed by atoms with Crippen LogP contribution in [0.1, 0.15) is 20.3 Å². The highest BCUT2D eigenvalue weighted by Crippen LogP contribution is 2.37. The van der Waals surface area contributed by atoms with Gasteiger partial charge in [-0.3, -0.25) is 0 Å². The predicted octanol–water partition coefficient (Wildman–Crippen LogP) is -0.394. The molecule has 2 fully saturated rings. The molecule has 0 aromatic rings. The van der Waals surface area contributed by atoms with E-state index in [0.717, 1.165) is 0 Å². The molecule has 0 aliphatic carbocycles. The minimum absolute atomic E-state index is 0.129. The first kappa shape index (κ1) is 10.3. The Balaban J connectivity index is 1.93. The zero-order valence-electron chi connectivity index (χ0n) is 8.34. The summed E-state index contributed by atoms with van der Waals surface area (Å²) in [6, 6.07) is 0. The van der Waals surface area contributed by atoms with E-state index in [4.69, 9.17) is 19.3 Å². The van der Waals surface area contributed by atoms with Crippen molar-refractivity contribution in [2.75, 3.05) is 6.61 Å². The average Bonchev–Trinajstić information content (AvgIpc) is 2.56. The van der Waals surface area contributed by atoms with Crippen molar-refractivity contribution in [1.82, 2.24) is 0 Å². The molecule has 0 aromatic heterocycles. The highest BCUT2D eigenvalue weighted by molar-refractivity contribution is 4.87. The lowest BCUT2D eigenvalue weighted by molar-refractivity contribution is -0.215. The Bertz CT molecular complexity index is 201. The smallest absolute Gasteiger partial charge is 0.187 e. The number of hydrogen-bond donors (Lipinski definition) is 2. The van der Waals surface area contributed by atoms with Crippen LogP contribution in [0.4, 0.5) is 0 Å². The van der Waals surface area contributed by atoms with Gasteiger partial charge in [0.2, 0.25) is 0 Å². The molecule has 1 unspecified atom stereocenters. The number of fused-ring (bicyclic) bond motifs is 1. The molecule has 2 aliphatic heterocycles. The molecular formula is C9H16O5. The summed E-state index contributed by atoms with van der Waals surface area (Å²) in [5, 5.41) is 18.1. The maximum atomic E-state index is 9.36. The molecular weight excluding hydrogens is 188 g/mol. The van der Waals surface area contributed by atoms with Gasteiger partial charge in [0.15, 0.2) is 12.1 Å². The fraction of sp³-hybridized carbons (Fsp3) is 1.00. The number of ether oxygens (including phenoxy) is 3. The van der Waals surface area contributed by atoms with Crippen LogP contribution in [0.2, 0.25) is 0 Å². The molecule has 5 nitrogen and oxygen atoms in total. The Labute approximate surface area is 82.6 Å². The van der Waals surface area contributed by atoms with Crippen LogP contribution in [-0.4, -0.2) is 47.2 Å². The maximum absolute atomic E-state index is 9.36. The number of hydrogen-bond acceptors (Lipinski definition) is 5. The lowest BCUT2D eigenvalue weighted by Gasteiger charge is -2.22. The van der Waals surface area contributed by atoms with Crippen LogP contribution in [0, 0.1) is 0 Å². The minimum atomic E-state index is -0.851. The van der Waals surface area contributed by atoms with E-state index in [1.54, 1.807) is 0 Å². The van der Waals surface area contributed by atoms with Gasteiger partial charge in [0, 0.05) is 6.42 Å².